The molecular weight excluding hydrogens is 338 g/mol. The topological polar surface area (TPSA) is 59.8 Å². The number of hydrogen-bond acceptors (Lipinski definition) is 3. The summed E-state index contributed by atoms with van der Waals surface area (Å²) in [5.74, 6) is -0.538. The minimum absolute atomic E-state index is 0.211. The van der Waals surface area contributed by atoms with Crippen molar-refractivity contribution in [2.75, 3.05) is 5.32 Å². The van der Waals surface area contributed by atoms with E-state index < -0.39 is 17.5 Å². The van der Waals surface area contributed by atoms with Crippen LogP contribution in [0.3, 0.4) is 0 Å². The van der Waals surface area contributed by atoms with Crippen LogP contribution in [-0.2, 0) is 13.0 Å². The van der Waals surface area contributed by atoms with Gasteiger partial charge in [-0.2, -0.15) is 0 Å². The van der Waals surface area contributed by atoms with Crippen LogP contribution in [0.25, 0.3) is 11.4 Å². The quantitative estimate of drug-likeness (QED) is 0.778. The van der Waals surface area contributed by atoms with E-state index in [9.17, 15) is 13.6 Å². The predicted octanol–water partition coefficient (Wildman–Crippen LogP) is 3.81. The zero-order chi connectivity index (χ0) is 18.1. The van der Waals surface area contributed by atoms with E-state index in [-0.39, 0.29) is 5.56 Å². The summed E-state index contributed by atoms with van der Waals surface area (Å²) >= 11 is 0. The van der Waals surface area contributed by atoms with E-state index in [0.717, 1.165) is 55.2 Å². The molecule has 26 heavy (non-hydrogen) atoms. The Morgan fingerprint density at radius 1 is 1.08 bits per heavy atom. The number of halogens is 2. The molecule has 2 aromatic carbocycles. The molecule has 0 spiro atoms. The number of anilines is 1. The third kappa shape index (κ3) is 3.08. The Morgan fingerprint density at radius 3 is 2.81 bits per heavy atom. The van der Waals surface area contributed by atoms with Crippen molar-refractivity contribution >= 4 is 11.6 Å². The number of benzene rings is 2. The van der Waals surface area contributed by atoms with Crippen LogP contribution < -0.4 is 5.32 Å². The van der Waals surface area contributed by atoms with Crippen LogP contribution in [0, 0.1) is 11.6 Å². The minimum Gasteiger partial charge on any atom is -0.322 e. The fourth-order valence-electron chi connectivity index (χ4n) is 3.13. The molecule has 0 saturated carbocycles. The number of fused-ring (bicyclic) bond motifs is 1. The number of amides is 1. The molecule has 0 atom stereocenters. The maximum Gasteiger partial charge on any atom is 0.258 e. The number of hydrogen-bond donors (Lipinski definition) is 1. The normalized spacial score (nSPS) is 13.3. The molecule has 1 aliphatic heterocycles. The Balaban J connectivity index is 1.60. The van der Waals surface area contributed by atoms with Crippen LogP contribution in [0.1, 0.15) is 29.0 Å². The first-order valence-electron chi connectivity index (χ1n) is 8.41. The second-order valence-electron chi connectivity index (χ2n) is 6.21. The van der Waals surface area contributed by atoms with Crippen LogP contribution >= 0.6 is 0 Å². The number of aromatic nitrogens is 3. The van der Waals surface area contributed by atoms with Crippen molar-refractivity contribution in [3.05, 3.63) is 65.5 Å². The van der Waals surface area contributed by atoms with E-state index >= 15 is 0 Å². The van der Waals surface area contributed by atoms with Crippen LogP contribution in [-0.4, -0.2) is 20.7 Å². The smallest absolute Gasteiger partial charge is 0.258 e. The van der Waals surface area contributed by atoms with Gasteiger partial charge in [0.2, 0.25) is 0 Å². The van der Waals surface area contributed by atoms with Crippen LogP contribution in [0.15, 0.2) is 42.5 Å². The zero-order valence-corrected chi connectivity index (χ0v) is 13.9. The molecule has 3 aromatic rings. The lowest BCUT2D eigenvalue weighted by Crippen LogP contribution is -2.14. The number of carbonyl (C=O) groups excluding carboxylic acids is 1. The molecule has 7 heteroatoms. The SMILES string of the molecule is O=C(Nc1cccc(-c2nnc3n2CCCC3)c1)c1ccc(F)cc1F. The van der Waals surface area contributed by atoms with E-state index in [4.69, 9.17) is 0 Å². The Hall–Kier alpha value is -3.09. The molecule has 0 fully saturated rings. The van der Waals surface area contributed by atoms with Gasteiger partial charge >= 0.3 is 0 Å². The third-order valence-corrected chi connectivity index (χ3v) is 4.41. The molecular formula is C19H16F2N4O. The lowest BCUT2D eigenvalue weighted by Gasteiger charge is -2.15. The molecule has 0 radical (unpaired) electrons. The van der Waals surface area contributed by atoms with E-state index in [1.54, 1.807) is 18.2 Å². The molecule has 132 valence electrons. The van der Waals surface area contributed by atoms with Crippen LogP contribution in [0.5, 0.6) is 0 Å². The van der Waals surface area contributed by atoms with Crippen molar-refractivity contribution < 1.29 is 13.6 Å². The highest BCUT2D eigenvalue weighted by molar-refractivity contribution is 6.04. The molecule has 1 amide bonds. The number of nitrogens with zero attached hydrogens (tertiary/aromatic N) is 3. The first-order chi connectivity index (χ1) is 12.6. The van der Waals surface area contributed by atoms with Gasteiger partial charge in [0.25, 0.3) is 5.91 Å². The Kier molecular flexibility index (Phi) is 4.20. The Labute approximate surface area is 148 Å². The van der Waals surface area contributed by atoms with Crippen molar-refractivity contribution in [3.8, 4) is 11.4 Å². The van der Waals surface area contributed by atoms with Gasteiger partial charge in [-0.1, -0.05) is 12.1 Å². The van der Waals surface area contributed by atoms with Crippen molar-refractivity contribution in [1.82, 2.24) is 14.8 Å². The summed E-state index contributed by atoms with van der Waals surface area (Å²) in [4.78, 5) is 12.3. The van der Waals surface area contributed by atoms with Crippen molar-refractivity contribution in [3.63, 3.8) is 0 Å². The first-order valence-corrected chi connectivity index (χ1v) is 8.41. The Morgan fingerprint density at radius 2 is 1.96 bits per heavy atom. The monoisotopic (exact) mass is 354 g/mol. The molecule has 0 unspecified atom stereocenters. The average Bonchev–Trinajstić information content (AvgIpc) is 3.06. The van der Waals surface area contributed by atoms with Gasteiger partial charge in [-0.25, -0.2) is 8.78 Å². The van der Waals surface area contributed by atoms with Crippen molar-refractivity contribution in [2.45, 2.75) is 25.8 Å². The van der Waals surface area contributed by atoms with Crippen molar-refractivity contribution in [1.29, 1.82) is 0 Å². The Bertz CT molecular complexity index is 983. The molecule has 1 aliphatic rings. The average molecular weight is 354 g/mol. The fraction of sp³-hybridized carbons (Fsp3) is 0.211. The summed E-state index contributed by atoms with van der Waals surface area (Å²) in [6.45, 7) is 0.870. The summed E-state index contributed by atoms with van der Waals surface area (Å²) in [7, 11) is 0. The molecule has 0 bridgehead atoms. The highest BCUT2D eigenvalue weighted by atomic mass is 19.1. The second-order valence-corrected chi connectivity index (χ2v) is 6.21. The van der Waals surface area contributed by atoms with Crippen LogP contribution in [0.2, 0.25) is 0 Å². The van der Waals surface area contributed by atoms with E-state index in [2.05, 4.69) is 20.1 Å². The molecule has 0 saturated heterocycles. The summed E-state index contributed by atoms with van der Waals surface area (Å²) in [5.41, 5.74) is 1.11. The van der Waals surface area contributed by atoms with E-state index in [0.29, 0.717) is 11.8 Å². The highest BCUT2D eigenvalue weighted by Crippen LogP contribution is 2.25. The molecule has 4 rings (SSSR count). The summed E-state index contributed by atoms with van der Waals surface area (Å²) in [6.07, 6.45) is 3.10. The van der Waals surface area contributed by atoms with E-state index in [1.807, 2.05) is 6.07 Å². The minimum atomic E-state index is -0.898. The summed E-state index contributed by atoms with van der Waals surface area (Å²) < 4.78 is 28.9. The maximum atomic E-state index is 13.8. The number of nitrogens with one attached hydrogen (secondary N) is 1. The van der Waals surface area contributed by atoms with Crippen LogP contribution in [0.4, 0.5) is 14.5 Å². The predicted molar refractivity (Wildman–Crippen MR) is 92.7 cm³/mol. The molecule has 0 aliphatic carbocycles. The molecule has 1 aromatic heterocycles. The summed E-state index contributed by atoms with van der Waals surface area (Å²) in [6, 6.07) is 10.0. The highest BCUT2D eigenvalue weighted by Gasteiger charge is 2.18. The molecule has 2 heterocycles. The standard InChI is InChI=1S/C19H16F2N4O/c20-13-7-8-15(16(21)11-13)19(26)22-14-5-3-4-12(10-14)18-24-23-17-6-1-2-9-25(17)18/h3-5,7-8,10-11H,1-2,6,9H2,(H,22,26). The van der Waals surface area contributed by atoms with Gasteiger partial charge in [-0.05, 0) is 37.1 Å². The lowest BCUT2D eigenvalue weighted by molar-refractivity contribution is 0.102. The first kappa shape index (κ1) is 16.4. The van der Waals surface area contributed by atoms with Gasteiger partial charge in [0.15, 0.2) is 5.82 Å². The maximum absolute atomic E-state index is 13.8. The van der Waals surface area contributed by atoms with Gasteiger partial charge in [0.1, 0.15) is 17.5 Å². The fourth-order valence-corrected chi connectivity index (χ4v) is 3.13. The third-order valence-electron chi connectivity index (χ3n) is 4.41. The van der Waals surface area contributed by atoms with Gasteiger partial charge in [-0.15, -0.1) is 10.2 Å². The van der Waals surface area contributed by atoms with Gasteiger partial charge < -0.3 is 9.88 Å². The number of aryl methyl sites for hydroxylation is 1. The molecule has 1 N–H and O–H groups in total. The van der Waals surface area contributed by atoms with E-state index in [1.165, 1.54) is 0 Å². The molecule has 5 nitrogen and oxygen atoms in total. The van der Waals surface area contributed by atoms with Gasteiger partial charge in [0, 0.05) is 30.3 Å². The second kappa shape index (κ2) is 6.67. The van der Waals surface area contributed by atoms with Gasteiger partial charge in [-0.3, -0.25) is 4.79 Å². The summed E-state index contributed by atoms with van der Waals surface area (Å²) in [5, 5.41) is 11.1. The number of rotatable bonds is 3. The number of carbonyl (C=O) groups is 1. The van der Waals surface area contributed by atoms with Gasteiger partial charge in [0.05, 0.1) is 5.56 Å². The largest absolute Gasteiger partial charge is 0.322 e. The zero-order valence-electron chi connectivity index (χ0n) is 13.9. The lowest BCUT2D eigenvalue weighted by atomic mass is 10.1. The van der Waals surface area contributed by atoms with Crippen molar-refractivity contribution in [2.24, 2.45) is 0 Å².